The first kappa shape index (κ1) is 15.5. The average molecular weight is 302 g/mol. The second kappa shape index (κ2) is 6.80. The highest BCUT2D eigenvalue weighted by molar-refractivity contribution is 5.88. The summed E-state index contributed by atoms with van der Waals surface area (Å²) in [5.41, 5.74) is 0.700. The highest BCUT2D eigenvalue weighted by atomic mass is 16.5. The number of amides is 1. The molecule has 2 N–H and O–H groups in total. The SMILES string of the molecule is CC1CC(NC(=O)C2(c3ccccc3)CCOCC2)CCN1. The lowest BCUT2D eigenvalue weighted by Crippen LogP contribution is -2.54. The topological polar surface area (TPSA) is 50.4 Å². The molecule has 2 aliphatic rings. The molecule has 2 atom stereocenters. The van der Waals surface area contributed by atoms with E-state index in [0.717, 1.165) is 37.8 Å². The Labute approximate surface area is 132 Å². The Morgan fingerprint density at radius 3 is 2.68 bits per heavy atom. The smallest absolute Gasteiger partial charge is 0.231 e. The molecule has 0 spiro atoms. The number of piperidine rings is 1. The number of rotatable bonds is 3. The number of hydrogen-bond acceptors (Lipinski definition) is 3. The first-order valence-corrected chi connectivity index (χ1v) is 8.38. The van der Waals surface area contributed by atoms with Crippen LogP contribution in [0.15, 0.2) is 30.3 Å². The molecule has 0 aliphatic carbocycles. The van der Waals surface area contributed by atoms with E-state index < -0.39 is 5.41 Å². The first-order valence-electron chi connectivity index (χ1n) is 8.38. The van der Waals surface area contributed by atoms with Gasteiger partial charge in [0.25, 0.3) is 0 Å². The Hall–Kier alpha value is -1.39. The minimum absolute atomic E-state index is 0.182. The minimum atomic E-state index is -0.423. The molecule has 0 bridgehead atoms. The fourth-order valence-electron chi connectivity index (χ4n) is 3.71. The number of benzene rings is 1. The quantitative estimate of drug-likeness (QED) is 0.898. The van der Waals surface area contributed by atoms with E-state index in [0.29, 0.717) is 19.3 Å². The first-order chi connectivity index (χ1) is 10.7. The van der Waals surface area contributed by atoms with E-state index in [1.165, 1.54) is 0 Å². The molecular formula is C18H26N2O2. The zero-order valence-electron chi connectivity index (χ0n) is 13.3. The van der Waals surface area contributed by atoms with E-state index in [1.54, 1.807) is 0 Å². The molecule has 2 saturated heterocycles. The Morgan fingerprint density at radius 1 is 1.27 bits per heavy atom. The lowest BCUT2D eigenvalue weighted by atomic mass is 9.73. The van der Waals surface area contributed by atoms with Gasteiger partial charge in [-0.1, -0.05) is 30.3 Å². The van der Waals surface area contributed by atoms with Crippen molar-refractivity contribution in [2.24, 2.45) is 0 Å². The summed E-state index contributed by atoms with van der Waals surface area (Å²) in [5, 5.41) is 6.76. The van der Waals surface area contributed by atoms with Gasteiger partial charge in [0.2, 0.25) is 5.91 Å². The summed E-state index contributed by atoms with van der Waals surface area (Å²) < 4.78 is 5.51. The van der Waals surface area contributed by atoms with Crippen molar-refractivity contribution in [2.75, 3.05) is 19.8 Å². The Balaban J connectivity index is 1.78. The van der Waals surface area contributed by atoms with Gasteiger partial charge >= 0.3 is 0 Å². The molecular weight excluding hydrogens is 276 g/mol. The molecule has 1 amide bonds. The Morgan fingerprint density at radius 2 is 2.00 bits per heavy atom. The van der Waals surface area contributed by atoms with E-state index in [-0.39, 0.29) is 11.9 Å². The van der Waals surface area contributed by atoms with Crippen LogP contribution in [0.1, 0.15) is 38.2 Å². The van der Waals surface area contributed by atoms with E-state index in [1.807, 2.05) is 18.2 Å². The fraction of sp³-hybridized carbons (Fsp3) is 0.611. The van der Waals surface area contributed by atoms with Gasteiger partial charge in [-0.2, -0.15) is 0 Å². The van der Waals surface area contributed by atoms with E-state index in [9.17, 15) is 4.79 Å². The van der Waals surface area contributed by atoms with Crippen LogP contribution in [0.25, 0.3) is 0 Å². The maximum Gasteiger partial charge on any atom is 0.231 e. The van der Waals surface area contributed by atoms with Gasteiger partial charge in [-0.25, -0.2) is 0 Å². The molecule has 0 saturated carbocycles. The molecule has 4 nitrogen and oxygen atoms in total. The van der Waals surface area contributed by atoms with Crippen LogP contribution in [-0.4, -0.2) is 37.7 Å². The molecule has 4 heteroatoms. The van der Waals surface area contributed by atoms with Crippen molar-refractivity contribution < 1.29 is 9.53 Å². The minimum Gasteiger partial charge on any atom is -0.381 e. The number of ether oxygens (including phenoxy) is 1. The predicted octanol–water partition coefficient (Wildman–Crippen LogP) is 1.99. The van der Waals surface area contributed by atoms with Crippen LogP contribution in [0, 0.1) is 0 Å². The summed E-state index contributed by atoms with van der Waals surface area (Å²) >= 11 is 0. The van der Waals surface area contributed by atoms with Gasteiger partial charge in [0.1, 0.15) is 0 Å². The largest absolute Gasteiger partial charge is 0.381 e. The molecule has 3 rings (SSSR count). The van der Waals surface area contributed by atoms with Crippen molar-refractivity contribution in [1.29, 1.82) is 0 Å². The zero-order chi connectivity index (χ0) is 15.4. The van der Waals surface area contributed by atoms with Crippen molar-refractivity contribution in [2.45, 2.75) is 50.1 Å². The van der Waals surface area contributed by atoms with Crippen LogP contribution in [0.4, 0.5) is 0 Å². The van der Waals surface area contributed by atoms with Gasteiger partial charge in [0.15, 0.2) is 0 Å². The fourth-order valence-corrected chi connectivity index (χ4v) is 3.71. The van der Waals surface area contributed by atoms with Crippen molar-refractivity contribution in [3.05, 3.63) is 35.9 Å². The third-order valence-corrected chi connectivity index (χ3v) is 5.07. The molecule has 120 valence electrons. The summed E-state index contributed by atoms with van der Waals surface area (Å²) in [6.07, 6.45) is 3.55. The van der Waals surface area contributed by atoms with Gasteiger partial charge in [-0.3, -0.25) is 4.79 Å². The van der Waals surface area contributed by atoms with Crippen LogP contribution in [-0.2, 0) is 14.9 Å². The van der Waals surface area contributed by atoms with Crippen molar-refractivity contribution in [3.63, 3.8) is 0 Å². The lowest BCUT2D eigenvalue weighted by molar-refractivity contribution is -0.131. The lowest BCUT2D eigenvalue weighted by Gasteiger charge is -2.38. The van der Waals surface area contributed by atoms with Gasteiger partial charge < -0.3 is 15.4 Å². The normalized spacial score (nSPS) is 28.0. The van der Waals surface area contributed by atoms with Gasteiger partial charge in [-0.15, -0.1) is 0 Å². The van der Waals surface area contributed by atoms with Crippen LogP contribution >= 0.6 is 0 Å². The second-order valence-corrected chi connectivity index (χ2v) is 6.61. The van der Waals surface area contributed by atoms with Crippen LogP contribution < -0.4 is 10.6 Å². The van der Waals surface area contributed by atoms with E-state index >= 15 is 0 Å². The third-order valence-electron chi connectivity index (χ3n) is 5.07. The predicted molar refractivity (Wildman–Crippen MR) is 86.8 cm³/mol. The third kappa shape index (κ3) is 3.18. The van der Waals surface area contributed by atoms with Gasteiger partial charge in [-0.05, 0) is 44.7 Å². The molecule has 1 aromatic carbocycles. The van der Waals surface area contributed by atoms with E-state index in [2.05, 4.69) is 29.7 Å². The molecule has 2 heterocycles. The van der Waals surface area contributed by atoms with Crippen LogP contribution in [0.3, 0.4) is 0 Å². The van der Waals surface area contributed by atoms with Gasteiger partial charge in [0.05, 0.1) is 5.41 Å². The maximum absolute atomic E-state index is 13.1. The summed E-state index contributed by atoms with van der Waals surface area (Å²) in [4.78, 5) is 13.1. The molecule has 0 aromatic heterocycles. The molecule has 2 aliphatic heterocycles. The van der Waals surface area contributed by atoms with E-state index in [4.69, 9.17) is 4.74 Å². The number of carbonyl (C=O) groups is 1. The standard InChI is InChI=1S/C18H26N2O2/c1-14-13-16(7-10-19-14)20-17(21)18(8-11-22-12-9-18)15-5-3-2-4-6-15/h2-6,14,16,19H,7-13H2,1H3,(H,20,21). The summed E-state index contributed by atoms with van der Waals surface area (Å²) in [7, 11) is 0. The summed E-state index contributed by atoms with van der Waals surface area (Å²) in [6, 6.07) is 11.0. The van der Waals surface area contributed by atoms with Gasteiger partial charge in [0, 0.05) is 25.3 Å². The Bertz CT molecular complexity index is 497. The number of nitrogens with one attached hydrogen (secondary N) is 2. The van der Waals surface area contributed by atoms with Crippen molar-refractivity contribution >= 4 is 5.91 Å². The Kier molecular flexibility index (Phi) is 4.79. The highest BCUT2D eigenvalue weighted by Gasteiger charge is 2.42. The number of hydrogen-bond donors (Lipinski definition) is 2. The van der Waals surface area contributed by atoms with Crippen LogP contribution in [0.5, 0.6) is 0 Å². The monoisotopic (exact) mass is 302 g/mol. The van der Waals surface area contributed by atoms with Crippen molar-refractivity contribution in [3.8, 4) is 0 Å². The summed E-state index contributed by atoms with van der Waals surface area (Å²) in [6.45, 7) is 4.48. The van der Waals surface area contributed by atoms with Crippen molar-refractivity contribution in [1.82, 2.24) is 10.6 Å². The number of carbonyl (C=O) groups excluding carboxylic acids is 1. The molecule has 0 radical (unpaired) electrons. The maximum atomic E-state index is 13.1. The zero-order valence-corrected chi connectivity index (χ0v) is 13.3. The molecule has 22 heavy (non-hydrogen) atoms. The highest BCUT2D eigenvalue weighted by Crippen LogP contribution is 2.35. The molecule has 2 unspecified atom stereocenters. The second-order valence-electron chi connectivity index (χ2n) is 6.61. The summed E-state index contributed by atoms with van der Waals surface area (Å²) in [5.74, 6) is 0.182. The average Bonchev–Trinajstić information content (AvgIpc) is 2.56. The molecule has 2 fully saturated rings. The molecule has 1 aromatic rings. The van der Waals surface area contributed by atoms with Crippen LogP contribution in [0.2, 0.25) is 0 Å².